The predicted molar refractivity (Wildman–Crippen MR) is 180 cm³/mol. The highest BCUT2D eigenvalue weighted by Gasteiger charge is 2.38. The first-order valence-electron chi connectivity index (χ1n) is 14.7. The standard InChI is InChI=1S/C37H25BrN4O4/c1-20-8-7-11-25-31(20)37(46)42(36(25)45)22-14-15-28(38)21(16-22)17-41-19-27(24-10-4-6-13-30(24)41)33-32(34(43)39-35(33)44)26-18-40(2)29-12-5-3-9-23(26)29/h3-16,18-19H,17H2,1-2H3,(H,39,43,44). The summed E-state index contributed by atoms with van der Waals surface area (Å²) in [5.74, 6) is -1.57. The molecule has 1 N–H and O–H groups in total. The number of aryl methyl sites for hydroxylation is 2. The molecule has 2 aromatic heterocycles. The lowest BCUT2D eigenvalue weighted by molar-refractivity contribution is -0.122. The van der Waals surface area contributed by atoms with Crippen LogP contribution < -0.4 is 10.2 Å². The SMILES string of the molecule is Cc1cccc2c1C(=O)N(c1ccc(Br)c(Cn3cc(C4=C(c5cn(C)c6ccccc56)C(=O)NC4=O)c4ccccc43)c1)C2=O. The molecule has 2 aliphatic heterocycles. The number of imide groups is 2. The molecule has 0 unspecified atom stereocenters. The Balaban J connectivity index is 1.25. The maximum atomic E-state index is 13.5. The van der Waals surface area contributed by atoms with E-state index in [2.05, 4.69) is 21.2 Å². The third-order valence-electron chi connectivity index (χ3n) is 8.91. The molecule has 2 aliphatic rings. The van der Waals surface area contributed by atoms with E-state index in [0.29, 0.717) is 45.6 Å². The lowest BCUT2D eigenvalue weighted by Crippen LogP contribution is -2.29. The van der Waals surface area contributed by atoms with Crippen molar-refractivity contribution < 1.29 is 19.2 Å². The largest absolute Gasteiger partial charge is 0.350 e. The van der Waals surface area contributed by atoms with Gasteiger partial charge < -0.3 is 9.13 Å². The fourth-order valence-electron chi connectivity index (χ4n) is 6.78. The zero-order valence-electron chi connectivity index (χ0n) is 24.8. The molecule has 224 valence electrons. The Morgan fingerprint density at radius 1 is 0.696 bits per heavy atom. The first kappa shape index (κ1) is 28.0. The van der Waals surface area contributed by atoms with E-state index < -0.39 is 11.8 Å². The second-order valence-corrected chi connectivity index (χ2v) is 12.5. The third-order valence-corrected chi connectivity index (χ3v) is 9.68. The van der Waals surface area contributed by atoms with Gasteiger partial charge in [0.15, 0.2) is 0 Å². The summed E-state index contributed by atoms with van der Waals surface area (Å²) in [6.07, 6.45) is 3.79. The topological polar surface area (TPSA) is 93.4 Å². The van der Waals surface area contributed by atoms with E-state index in [0.717, 1.165) is 37.4 Å². The van der Waals surface area contributed by atoms with Gasteiger partial charge in [0, 0.05) is 63.4 Å². The van der Waals surface area contributed by atoms with E-state index in [9.17, 15) is 19.2 Å². The highest BCUT2D eigenvalue weighted by Crippen LogP contribution is 2.39. The maximum absolute atomic E-state index is 13.5. The lowest BCUT2D eigenvalue weighted by atomic mass is 9.95. The Labute approximate surface area is 271 Å². The summed E-state index contributed by atoms with van der Waals surface area (Å²) in [5.41, 5.74) is 6.71. The maximum Gasteiger partial charge on any atom is 0.266 e. The van der Waals surface area contributed by atoms with Crippen LogP contribution in [-0.4, -0.2) is 32.8 Å². The molecule has 0 spiro atoms. The molecule has 0 radical (unpaired) electrons. The molecule has 0 atom stereocenters. The predicted octanol–water partition coefficient (Wildman–Crippen LogP) is 6.62. The minimum absolute atomic E-state index is 0.325. The number of amides is 4. The van der Waals surface area contributed by atoms with Crippen molar-refractivity contribution in [3.8, 4) is 0 Å². The number of fused-ring (bicyclic) bond motifs is 3. The Kier molecular flexibility index (Phi) is 6.23. The molecule has 0 saturated heterocycles. The van der Waals surface area contributed by atoms with Crippen molar-refractivity contribution in [3.63, 3.8) is 0 Å². The molecular formula is C37H25BrN4O4. The van der Waals surface area contributed by atoms with E-state index in [-0.39, 0.29) is 11.8 Å². The van der Waals surface area contributed by atoms with Crippen molar-refractivity contribution in [1.29, 1.82) is 0 Å². The summed E-state index contributed by atoms with van der Waals surface area (Å²) in [6.45, 7) is 2.19. The summed E-state index contributed by atoms with van der Waals surface area (Å²) in [4.78, 5) is 54.8. The molecule has 0 saturated carbocycles. The van der Waals surface area contributed by atoms with Gasteiger partial charge in [-0.15, -0.1) is 0 Å². The van der Waals surface area contributed by atoms with Crippen LogP contribution in [0.4, 0.5) is 5.69 Å². The molecule has 4 amide bonds. The van der Waals surface area contributed by atoms with E-state index >= 15 is 0 Å². The molecule has 9 heteroatoms. The van der Waals surface area contributed by atoms with Crippen LogP contribution in [0.5, 0.6) is 0 Å². The number of aromatic nitrogens is 2. The van der Waals surface area contributed by atoms with Gasteiger partial charge in [-0.25, -0.2) is 4.90 Å². The highest BCUT2D eigenvalue weighted by atomic mass is 79.9. The molecule has 4 heterocycles. The summed E-state index contributed by atoms with van der Waals surface area (Å²) in [6, 6.07) is 26.2. The van der Waals surface area contributed by atoms with Crippen LogP contribution in [0.25, 0.3) is 33.0 Å². The van der Waals surface area contributed by atoms with Crippen LogP contribution in [0.15, 0.2) is 102 Å². The number of hydrogen-bond donors (Lipinski definition) is 1. The number of halogens is 1. The lowest BCUT2D eigenvalue weighted by Gasteiger charge is -2.17. The third kappa shape index (κ3) is 4.05. The van der Waals surface area contributed by atoms with Gasteiger partial charge in [0.1, 0.15) is 0 Å². The molecule has 4 aromatic carbocycles. The van der Waals surface area contributed by atoms with Gasteiger partial charge in [-0.05, 0) is 54.4 Å². The van der Waals surface area contributed by atoms with Gasteiger partial charge in [0.2, 0.25) is 0 Å². The van der Waals surface area contributed by atoms with Gasteiger partial charge in [-0.1, -0.05) is 64.5 Å². The molecule has 8 nitrogen and oxygen atoms in total. The zero-order chi connectivity index (χ0) is 31.9. The number of benzene rings is 4. The zero-order valence-corrected chi connectivity index (χ0v) is 26.4. The Hall–Kier alpha value is -5.54. The number of hydrogen-bond acceptors (Lipinski definition) is 4. The van der Waals surface area contributed by atoms with Gasteiger partial charge in [0.25, 0.3) is 23.6 Å². The van der Waals surface area contributed by atoms with Crippen LogP contribution >= 0.6 is 15.9 Å². The second-order valence-electron chi connectivity index (χ2n) is 11.6. The quantitative estimate of drug-likeness (QED) is 0.209. The van der Waals surface area contributed by atoms with Crippen LogP contribution in [-0.2, 0) is 23.2 Å². The smallest absolute Gasteiger partial charge is 0.266 e. The number of rotatable bonds is 5. The average Bonchev–Trinajstić information content (AvgIpc) is 3.74. The van der Waals surface area contributed by atoms with Gasteiger partial charge >= 0.3 is 0 Å². The molecule has 6 aromatic rings. The van der Waals surface area contributed by atoms with Gasteiger partial charge in [0.05, 0.1) is 28.0 Å². The number of nitrogens with zero attached hydrogens (tertiary/aromatic N) is 3. The fourth-order valence-corrected chi connectivity index (χ4v) is 7.15. The van der Waals surface area contributed by atoms with Crippen molar-refractivity contribution >= 4 is 78.2 Å². The van der Waals surface area contributed by atoms with Crippen LogP contribution in [0.1, 0.15) is 43.0 Å². The first-order valence-corrected chi connectivity index (χ1v) is 15.5. The molecule has 0 bridgehead atoms. The van der Waals surface area contributed by atoms with Crippen LogP contribution in [0.3, 0.4) is 0 Å². The van der Waals surface area contributed by atoms with Gasteiger partial charge in [-0.2, -0.15) is 0 Å². The van der Waals surface area contributed by atoms with Gasteiger partial charge in [-0.3, -0.25) is 24.5 Å². The molecule has 0 fully saturated rings. The van der Waals surface area contributed by atoms with E-state index in [1.54, 1.807) is 18.2 Å². The fraction of sp³-hybridized carbons (Fsp3) is 0.0811. The number of anilines is 1. The number of carbonyl (C=O) groups excluding carboxylic acids is 4. The van der Waals surface area contributed by atoms with Crippen LogP contribution in [0, 0.1) is 6.92 Å². The van der Waals surface area contributed by atoms with Crippen molar-refractivity contribution in [2.45, 2.75) is 13.5 Å². The number of nitrogens with one attached hydrogen (secondary N) is 1. The van der Waals surface area contributed by atoms with Crippen molar-refractivity contribution in [2.75, 3.05) is 4.90 Å². The molecule has 46 heavy (non-hydrogen) atoms. The number of carbonyl (C=O) groups is 4. The van der Waals surface area contributed by atoms with E-state index in [4.69, 9.17) is 0 Å². The minimum atomic E-state index is -0.445. The summed E-state index contributed by atoms with van der Waals surface area (Å²) in [7, 11) is 1.92. The monoisotopic (exact) mass is 668 g/mol. The van der Waals surface area contributed by atoms with Crippen molar-refractivity contribution in [2.24, 2.45) is 7.05 Å². The first-order chi connectivity index (χ1) is 22.2. The second kappa shape index (κ2) is 10.3. The molecular weight excluding hydrogens is 644 g/mol. The van der Waals surface area contributed by atoms with Crippen molar-refractivity contribution in [1.82, 2.24) is 14.5 Å². The highest BCUT2D eigenvalue weighted by molar-refractivity contribution is 9.10. The minimum Gasteiger partial charge on any atom is -0.350 e. The Morgan fingerprint density at radius 3 is 2.07 bits per heavy atom. The molecule has 0 aliphatic carbocycles. The van der Waals surface area contributed by atoms with Crippen molar-refractivity contribution in [3.05, 3.63) is 135 Å². The Bertz CT molecular complexity index is 2400. The van der Waals surface area contributed by atoms with E-state index in [1.807, 2.05) is 102 Å². The Morgan fingerprint density at radius 2 is 1.35 bits per heavy atom. The summed E-state index contributed by atoms with van der Waals surface area (Å²) in [5, 5.41) is 4.24. The number of para-hydroxylation sites is 2. The van der Waals surface area contributed by atoms with Crippen LogP contribution in [0.2, 0.25) is 0 Å². The summed E-state index contributed by atoms with van der Waals surface area (Å²) >= 11 is 3.66. The molecule has 8 rings (SSSR count). The van der Waals surface area contributed by atoms with E-state index in [1.165, 1.54) is 4.90 Å². The summed E-state index contributed by atoms with van der Waals surface area (Å²) < 4.78 is 4.77. The average molecular weight is 670 g/mol. The normalized spacial score (nSPS) is 14.7.